The summed E-state index contributed by atoms with van der Waals surface area (Å²) in [6, 6.07) is 11.5. The van der Waals surface area contributed by atoms with Gasteiger partial charge in [-0.3, -0.25) is 4.79 Å². The molecule has 0 aromatic heterocycles. The number of amidine groups is 1. The van der Waals surface area contributed by atoms with Gasteiger partial charge in [0.15, 0.2) is 11.5 Å². The number of nitrogens with zero attached hydrogens (tertiary/aromatic N) is 1. The summed E-state index contributed by atoms with van der Waals surface area (Å²) < 4.78 is 16.1. The highest BCUT2D eigenvalue weighted by Crippen LogP contribution is 2.40. The van der Waals surface area contributed by atoms with E-state index in [0.717, 1.165) is 12.0 Å². The van der Waals surface area contributed by atoms with Gasteiger partial charge in [0, 0.05) is 11.1 Å². The first-order valence-electron chi connectivity index (χ1n) is 8.61. The van der Waals surface area contributed by atoms with Crippen LogP contribution >= 0.6 is 0 Å². The summed E-state index contributed by atoms with van der Waals surface area (Å²) in [5.41, 5.74) is 3.07. The zero-order chi connectivity index (χ0) is 19.4. The summed E-state index contributed by atoms with van der Waals surface area (Å²) in [6.07, 6.45) is 2.63. The van der Waals surface area contributed by atoms with Crippen LogP contribution in [0.5, 0.6) is 17.2 Å². The second kappa shape index (κ2) is 7.95. The van der Waals surface area contributed by atoms with E-state index in [1.54, 1.807) is 25.3 Å². The van der Waals surface area contributed by atoms with Crippen LogP contribution in [0.4, 0.5) is 0 Å². The molecule has 6 heteroatoms. The smallest absolute Gasteiger partial charge is 0.275 e. The van der Waals surface area contributed by atoms with Crippen molar-refractivity contribution < 1.29 is 19.0 Å². The molecule has 3 rings (SSSR count). The summed E-state index contributed by atoms with van der Waals surface area (Å²) in [5.74, 6) is 1.77. The molecule has 0 bridgehead atoms. The molecule has 0 spiro atoms. The molecule has 2 aromatic carbocycles. The van der Waals surface area contributed by atoms with Crippen LogP contribution in [0.15, 0.2) is 47.1 Å². The van der Waals surface area contributed by atoms with Gasteiger partial charge in [-0.05, 0) is 30.2 Å². The van der Waals surface area contributed by atoms with Crippen LogP contribution in [-0.4, -0.2) is 33.1 Å². The minimum Gasteiger partial charge on any atom is -0.493 e. The number of hydrogen-bond acceptors (Lipinski definition) is 5. The van der Waals surface area contributed by atoms with Crippen molar-refractivity contribution in [3.05, 3.63) is 58.8 Å². The van der Waals surface area contributed by atoms with Crippen molar-refractivity contribution in [1.82, 2.24) is 5.32 Å². The molecule has 0 radical (unpaired) electrons. The van der Waals surface area contributed by atoms with Crippen molar-refractivity contribution in [1.29, 1.82) is 0 Å². The van der Waals surface area contributed by atoms with E-state index >= 15 is 0 Å². The van der Waals surface area contributed by atoms with Gasteiger partial charge in [0.25, 0.3) is 5.91 Å². The SMILES string of the molecule is CCc1ccc(C2=N/C(=C/c3ccc(OC)c(OC)c3OC)C(=O)N2)cc1. The van der Waals surface area contributed by atoms with E-state index in [-0.39, 0.29) is 5.91 Å². The van der Waals surface area contributed by atoms with Gasteiger partial charge in [-0.15, -0.1) is 0 Å². The number of rotatable bonds is 6. The fraction of sp³-hybridized carbons (Fsp3) is 0.238. The molecule has 27 heavy (non-hydrogen) atoms. The highest BCUT2D eigenvalue weighted by atomic mass is 16.5. The summed E-state index contributed by atoms with van der Waals surface area (Å²) in [6.45, 7) is 2.10. The standard InChI is InChI=1S/C21H22N2O4/c1-5-13-6-8-14(9-7-13)20-22-16(21(24)23-20)12-15-10-11-17(25-2)19(27-4)18(15)26-3/h6-12H,5H2,1-4H3,(H,22,23,24)/b16-12+. The molecule has 0 atom stereocenters. The number of hydrogen-bond donors (Lipinski definition) is 1. The largest absolute Gasteiger partial charge is 0.493 e. The first kappa shape index (κ1) is 18.5. The van der Waals surface area contributed by atoms with Gasteiger partial charge in [-0.2, -0.15) is 0 Å². The fourth-order valence-electron chi connectivity index (χ4n) is 2.89. The van der Waals surface area contributed by atoms with Gasteiger partial charge < -0.3 is 19.5 Å². The molecule has 0 aliphatic carbocycles. The average molecular weight is 366 g/mol. The second-order valence-electron chi connectivity index (χ2n) is 5.92. The van der Waals surface area contributed by atoms with Crippen LogP contribution in [0.3, 0.4) is 0 Å². The molecule has 6 nitrogen and oxygen atoms in total. The minimum absolute atomic E-state index is 0.263. The molecular formula is C21H22N2O4. The lowest BCUT2D eigenvalue weighted by Gasteiger charge is -2.14. The quantitative estimate of drug-likeness (QED) is 0.797. The number of carbonyl (C=O) groups excluding carboxylic acids is 1. The molecule has 1 N–H and O–H groups in total. The fourth-order valence-corrected chi connectivity index (χ4v) is 2.89. The average Bonchev–Trinajstić information content (AvgIpc) is 3.07. The molecule has 2 aromatic rings. The molecule has 0 saturated heterocycles. The van der Waals surface area contributed by atoms with E-state index in [1.165, 1.54) is 19.8 Å². The third kappa shape index (κ3) is 3.65. The first-order valence-corrected chi connectivity index (χ1v) is 8.61. The van der Waals surface area contributed by atoms with Crippen molar-refractivity contribution >= 4 is 17.8 Å². The molecule has 1 heterocycles. The van der Waals surface area contributed by atoms with Crippen LogP contribution in [0, 0.1) is 0 Å². The Morgan fingerprint density at radius 1 is 0.963 bits per heavy atom. The Kier molecular flexibility index (Phi) is 5.45. The number of benzene rings is 2. The summed E-state index contributed by atoms with van der Waals surface area (Å²) in [5, 5.41) is 2.81. The number of ether oxygens (including phenoxy) is 3. The zero-order valence-electron chi connectivity index (χ0n) is 15.8. The summed E-state index contributed by atoms with van der Waals surface area (Å²) >= 11 is 0. The molecule has 1 aliphatic rings. The lowest BCUT2D eigenvalue weighted by molar-refractivity contribution is -0.115. The minimum atomic E-state index is -0.263. The van der Waals surface area contributed by atoms with E-state index in [4.69, 9.17) is 14.2 Å². The normalized spacial score (nSPS) is 14.7. The van der Waals surface area contributed by atoms with Crippen LogP contribution in [0.1, 0.15) is 23.6 Å². The number of nitrogens with one attached hydrogen (secondary N) is 1. The topological polar surface area (TPSA) is 69.1 Å². The van der Waals surface area contributed by atoms with Gasteiger partial charge in [0.1, 0.15) is 11.5 Å². The van der Waals surface area contributed by atoms with Crippen molar-refractivity contribution in [2.75, 3.05) is 21.3 Å². The lowest BCUT2D eigenvalue weighted by atomic mass is 10.1. The van der Waals surface area contributed by atoms with Gasteiger partial charge in [0.2, 0.25) is 5.75 Å². The van der Waals surface area contributed by atoms with Gasteiger partial charge in [-0.25, -0.2) is 4.99 Å². The Hall–Kier alpha value is -3.28. The number of aryl methyl sites for hydroxylation is 1. The molecular weight excluding hydrogens is 344 g/mol. The predicted molar refractivity (Wildman–Crippen MR) is 105 cm³/mol. The van der Waals surface area contributed by atoms with E-state index in [9.17, 15) is 4.79 Å². The second-order valence-corrected chi connectivity index (χ2v) is 5.92. The van der Waals surface area contributed by atoms with E-state index in [1.807, 2.05) is 24.3 Å². The van der Waals surface area contributed by atoms with Crippen molar-refractivity contribution in [2.45, 2.75) is 13.3 Å². The van der Waals surface area contributed by atoms with E-state index in [2.05, 4.69) is 17.2 Å². The van der Waals surface area contributed by atoms with Gasteiger partial charge in [-0.1, -0.05) is 31.2 Å². The molecule has 1 aliphatic heterocycles. The Balaban J connectivity index is 1.99. The molecule has 0 unspecified atom stereocenters. The van der Waals surface area contributed by atoms with E-state index in [0.29, 0.717) is 34.3 Å². The van der Waals surface area contributed by atoms with Crippen LogP contribution in [0.2, 0.25) is 0 Å². The lowest BCUT2D eigenvalue weighted by Crippen LogP contribution is -2.24. The van der Waals surface area contributed by atoms with Crippen molar-refractivity contribution in [2.24, 2.45) is 4.99 Å². The van der Waals surface area contributed by atoms with Crippen LogP contribution in [-0.2, 0) is 11.2 Å². The van der Waals surface area contributed by atoms with Gasteiger partial charge in [0.05, 0.1) is 21.3 Å². The first-order chi connectivity index (χ1) is 13.1. The molecule has 0 fully saturated rings. The van der Waals surface area contributed by atoms with Crippen LogP contribution in [0.25, 0.3) is 6.08 Å². The highest BCUT2D eigenvalue weighted by Gasteiger charge is 2.23. The summed E-state index contributed by atoms with van der Waals surface area (Å²) in [4.78, 5) is 16.8. The number of aliphatic imine (C=N–C) groups is 1. The summed E-state index contributed by atoms with van der Waals surface area (Å²) in [7, 11) is 4.63. The maximum atomic E-state index is 12.4. The Bertz CT molecular complexity index is 915. The number of methoxy groups -OCH3 is 3. The molecule has 0 saturated carbocycles. The highest BCUT2D eigenvalue weighted by molar-refractivity contribution is 6.19. The predicted octanol–water partition coefficient (Wildman–Crippen LogP) is 3.19. The third-order valence-electron chi connectivity index (χ3n) is 4.36. The molecule has 140 valence electrons. The van der Waals surface area contributed by atoms with Crippen molar-refractivity contribution in [3.8, 4) is 17.2 Å². The van der Waals surface area contributed by atoms with Crippen molar-refractivity contribution in [3.63, 3.8) is 0 Å². The maximum Gasteiger partial charge on any atom is 0.275 e. The Morgan fingerprint density at radius 2 is 1.67 bits per heavy atom. The monoisotopic (exact) mass is 366 g/mol. The number of carbonyl (C=O) groups is 1. The molecule has 1 amide bonds. The van der Waals surface area contributed by atoms with Gasteiger partial charge >= 0.3 is 0 Å². The Labute approximate surface area is 158 Å². The maximum absolute atomic E-state index is 12.4. The Morgan fingerprint density at radius 3 is 2.26 bits per heavy atom. The van der Waals surface area contributed by atoms with Crippen LogP contribution < -0.4 is 19.5 Å². The number of amides is 1. The third-order valence-corrected chi connectivity index (χ3v) is 4.36. The van der Waals surface area contributed by atoms with E-state index < -0.39 is 0 Å². The zero-order valence-corrected chi connectivity index (χ0v) is 15.8.